The number of hydrogen-bond acceptors (Lipinski definition) is 1. The Morgan fingerprint density at radius 3 is 2.33 bits per heavy atom. The van der Waals surface area contributed by atoms with E-state index in [4.69, 9.17) is 0 Å². The lowest BCUT2D eigenvalue weighted by molar-refractivity contribution is 0.101. The SMILES string of the molecule is CC(=O)c1ccccc1[C@H]1C[C@@H]1c1ccccc1. The van der Waals surface area contributed by atoms with E-state index in [-0.39, 0.29) is 5.78 Å². The van der Waals surface area contributed by atoms with Crippen molar-refractivity contribution in [3.05, 3.63) is 71.3 Å². The lowest BCUT2D eigenvalue weighted by Crippen LogP contribution is -1.98. The largest absolute Gasteiger partial charge is 0.295 e. The van der Waals surface area contributed by atoms with Gasteiger partial charge in [0.2, 0.25) is 0 Å². The number of carbonyl (C=O) groups is 1. The zero-order valence-electron chi connectivity index (χ0n) is 10.5. The van der Waals surface area contributed by atoms with Crippen molar-refractivity contribution in [2.75, 3.05) is 0 Å². The van der Waals surface area contributed by atoms with E-state index in [9.17, 15) is 4.79 Å². The molecule has 1 saturated carbocycles. The summed E-state index contributed by atoms with van der Waals surface area (Å²) >= 11 is 0. The number of benzene rings is 2. The molecule has 1 nitrogen and oxygen atoms in total. The highest BCUT2D eigenvalue weighted by Crippen LogP contribution is 2.55. The normalized spacial score (nSPS) is 21.6. The molecule has 1 aliphatic carbocycles. The van der Waals surface area contributed by atoms with Gasteiger partial charge in [-0.05, 0) is 36.3 Å². The van der Waals surface area contributed by atoms with Gasteiger partial charge in [-0.25, -0.2) is 0 Å². The molecule has 1 fully saturated rings. The number of hydrogen-bond donors (Lipinski definition) is 0. The van der Waals surface area contributed by atoms with Crippen molar-refractivity contribution in [1.82, 2.24) is 0 Å². The highest BCUT2D eigenvalue weighted by atomic mass is 16.1. The van der Waals surface area contributed by atoms with Gasteiger partial charge in [-0.3, -0.25) is 4.79 Å². The molecule has 2 aromatic rings. The number of Topliss-reactive ketones (excluding diaryl/α,β-unsaturated/α-hetero) is 1. The molecule has 3 rings (SSSR count). The second kappa shape index (κ2) is 4.41. The second-order valence-electron chi connectivity index (χ2n) is 5.00. The van der Waals surface area contributed by atoms with E-state index < -0.39 is 0 Å². The number of rotatable bonds is 3. The number of ketones is 1. The van der Waals surface area contributed by atoms with Gasteiger partial charge in [0.15, 0.2) is 5.78 Å². The summed E-state index contributed by atoms with van der Waals surface area (Å²) in [6.07, 6.45) is 1.16. The first-order valence-corrected chi connectivity index (χ1v) is 6.42. The van der Waals surface area contributed by atoms with Crippen molar-refractivity contribution in [2.24, 2.45) is 0 Å². The van der Waals surface area contributed by atoms with Crippen LogP contribution in [-0.4, -0.2) is 5.78 Å². The summed E-state index contributed by atoms with van der Waals surface area (Å²) < 4.78 is 0. The van der Waals surface area contributed by atoms with Crippen LogP contribution in [0.1, 0.15) is 46.7 Å². The maximum absolute atomic E-state index is 11.6. The molecule has 0 spiro atoms. The smallest absolute Gasteiger partial charge is 0.160 e. The van der Waals surface area contributed by atoms with Crippen LogP contribution in [0.3, 0.4) is 0 Å². The van der Waals surface area contributed by atoms with Crippen LogP contribution in [0.5, 0.6) is 0 Å². The van der Waals surface area contributed by atoms with Gasteiger partial charge in [-0.1, -0.05) is 54.6 Å². The minimum atomic E-state index is 0.171. The fourth-order valence-electron chi connectivity index (χ4n) is 2.75. The van der Waals surface area contributed by atoms with E-state index in [2.05, 4.69) is 30.3 Å². The summed E-state index contributed by atoms with van der Waals surface area (Å²) in [6, 6.07) is 18.6. The molecule has 0 bridgehead atoms. The molecule has 0 radical (unpaired) electrons. The highest BCUT2D eigenvalue weighted by Gasteiger charge is 2.40. The molecular weight excluding hydrogens is 220 g/mol. The van der Waals surface area contributed by atoms with Gasteiger partial charge in [-0.2, -0.15) is 0 Å². The van der Waals surface area contributed by atoms with Crippen molar-refractivity contribution in [2.45, 2.75) is 25.2 Å². The summed E-state index contributed by atoms with van der Waals surface area (Å²) in [5, 5.41) is 0. The minimum absolute atomic E-state index is 0.171. The second-order valence-corrected chi connectivity index (χ2v) is 5.00. The third-order valence-electron chi connectivity index (χ3n) is 3.76. The average Bonchev–Trinajstić information content (AvgIpc) is 3.20. The lowest BCUT2D eigenvalue weighted by Gasteiger charge is -2.06. The van der Waals surface area contributed by atoms with Crippen LogP contribution in [0, 0.1) is 0 Å². The van der Waals surface area contributed by atoms with E-state index in [1.54, 1.807) is 6.92 Å². The van der Waals surface area contributed by atoms with Crippen molar-refractivity contribution in [3.63, 3.8) is 0 Å². The molecule has 0 aromatic heterocycles. The molecule has 2 aromatic carbocycles. The molecule has 0 amide bonds. The third-order valence-corrected chi connectivity index (χ3v) is 3.76. The van der Waals surface area contributed by atoms with Crippen LogP contribution < -0.4 is 0 Å². The van der Waals surface area contributed by atoms with Gasteiger partial charge < -0.3 is 0 Å². The van der Waals surface area contributed by atoms with E-state index in [0.717, 1.165) is 12.0 Å². The summed E-state index contributed by atoms with van der Waals surface area (Å²) in [5.41, 5.74) is 3.50. The molecule has 0 unspecified atom stereocenters. The van der Waals surface area contributed by atoms with Gasteiger partial charge in [0.05, 0.1) is 0 Å². The fourth-order valence-corrected chi connectivity index (χ4v) is 2.75. The molecule has 0 heterocycles. The van der Waals surface area contributed by atoms with Crippen LogP contribution in [0.4, 0.5) is 0 Å². The van der Waals surface area contributed by atoms with Crippen molar-refractivity contribution < 1.29 is 4.79 Å². The quantitative estimate of drug-likeness (QED) is 0.731. The summed E-state index contributed by atoms with van der Waals surface area (Å²) in [4.78, 5) is 11.6. The lowest BCUT2D eigenvalue weighted by atomic mass is 9.98. The number of carbonyl (C=O) groups excluding carboxylic acids is 1. The molecule has 1 aliphatic rings. The fraction of sp³-hybridized carbons (Fsp3) is 0.235. The van der Waals surface area contributed by atoms with Crippen molar-refractivity contribution in [1.29, 1.82) is 0 Å². The first kappa shape index (κ1) is 11.2. The minimum Gasteiger partial charge on any atom is -0.295 e. The van der Waals surface area contributed by atoms with E-state index >= 15 is 0 Å². The molecule has 90 valence electrons. The third kappa shape index (κ3) is 1.97. The molecule has 18 heavy (non-hydrogen) atoms. The van der Waals surface area contributed by atoms with E-state index in [1.807, 2.05) is 24.3 Å². The maximum atomic E-state index is 11.6. The van der Waals surface area contributed by atoms with Crippen LogP contribution in [0.2, 0.25) is 0 Å². The average molecular weight is 236 g/mol. The summed E-state index contributed by atoms with van der Waals surface area (Å²) in [5.74, 6) is 1.28. The Morgan fingerprint density at radius 2 is 1.61 bits per heavy atom. The van der Waals surface area contributed by atoms with Crippen LogP contribution in [0.15, 0.2) is 54.6 Å². The monoisotopic (exact) mass is 236 g/mol. The Kier molecular flexibility index (Phi) is 2.75. The zero-order chi connectivity index (χ0) is 12.5. The van der Waals surface area contributed by atoms with Crippen LogP contribution in [-0.2, 0) is 0 Å². The highest BCUT2D eigenvalue weighted by molar-refractivity contribution is 5.95. The van der Waals surface area contributed by atoms with E-state index in [0.29, 0.717) is 11.8 Å². The Morgan fingerprint density at radius 1 is 0.944 bits per heavy atom. The van der Waals surface area contributed by atoms with Gasteiger partial charge in [0, 0.05) is 5.56 Å². The molecule has 0 aliphatic heterocycles. The van der Waals surface area contributed by atoms with Crippen molar-refractivity contribution >= 4 is 5.78 Å². The predicted molar refractivity (Wildman–Crippen MR) is 73.0 cm³/mol. The summed E-state index contributed by atoms with van der Waals surface area (Å²) in [7, 11) is 0. The molecular formula is C17H16O. The predicted octanol–water partition coefficient (Wildman–Crippen LogP) is 4.16. The van der Waals surface area contributed by atoms with Gasteiger partial charge in [0.25, 0.3) is 0 Å². The van der Waals surface area contributed by atoms with Gasteiger partial charge in [-0.15, -0.1) is 0 Å². The standard InChI is InChI=1S/C17H16O/c1-12(18)14-9-5-6-10-15(14)17-11-16(17)13-7-3-2-4-8-13/h2-10,16-17H,11H2,1H3/t16-,17-/m1/s1. The molecule has 0 N–H and O–H groups in total. The molecule has 0 saturated heterocycles. The zero-order valence-corrected chi connectivity index (χ0v) is 10.5. The Hall–Kier alpha value is -1.89. The van der Waals surface area contributed by atoms with Gasteiger partial charge in [0.1, 0.15) is 0 Å². The maximum Gasteiger partial charge on any atom is 0.160 e. The Balaban J connectivity index is 1.89. The summed E-state index contributed by atoms with van der Waals surface area (Å²) in [6.45, 7) is 1.65. The first-order chi connectivity index (χ1) is 8.77. The Bertz CT molecular complexity index is 571. The van der Waals surface area contributed by atoms with Crippen molar-refractivity contribution in [3.8, 4) is 0 Å². The van der Waals surface area contributed by atoms with Crippen LogP contribution >= 0.6 is 0 Å². The molecule has 2 atom stereocenters. The van der Waals surface area contributed by atoms with Gasteiger partial charge >= 0.3 is 0 Å². The first-order valence-electron chi connectivity index (χ1n) is 6.42. The Labute approximate surface area is 107 Å². The topological polar surface area (TPSA) is 17.1 Å². The van der Waals surface area contributed by atoms with Crippen LogP contribution in [0.25, 0.3) is 0 Å². The van der Waals surface area contributed by atoms with E-state index in [1.165, 1.54) is 11.1 Å². The molecule has 1 heteroatoms.